The Labute approximate surface area is 174 Å². The van der Waals surface area contributed by atoms with Crippen LogP contribution in [-0.4, -0.2) is 5.11 Å². The Bertz CT molecular complexity index is 1490. The number of phenols is 1. The molecular formula is C28H19NO. The third-order valence-electron chi connectivity index (χ3n) is 5.85. The summed E-state index contributed by atoms with van der Waals surface area (Å²) in [5, 5.41) is 17.7. The fourth-order valence-electron chi connectivity index (χ4n) is 4.55. The van der Waals surface area contributed by atoms with Crippen molar-refractivity contribution < 1.29 is 5.11 Å². The molecule has 0 aromatic heterocycles. The number of phenolic OH excluding ortho intramolecular Hbond substituents is 1. The molecular weight excluding hydrogens is 366 g/mol. The van der Waals surface area contributed by atoms with Crippen molar-refractivity contribution in [1.29, 1.82) is 0 Å². The molecule has 6 rings (SSSR count). The number of hydrogen-bond donors (Lipinski definition) is 1. The summed E-state index contributed by atoms with van der Waals surface area (Å²) < 4.78 is 0. The normalized spacial score (nSPS) is 11.5. The van der Waals surface area contributed by atoms with E-state index in [0.717, 1.165) is 17.1 Å². The summed E-state index contributed by atoms with van der Waals surface area (Å²) in [6.45, 7) is 0. The molecule has 0 fully saturated rings. The second kappa shape index (κ2) is 6.50. The van der Waals surface area contributed by atoms with Crippen LogP contribution in [0.5, 0.6) is 5.75 Å². The highest BCUT2D eigenvalue weighted by molar-refractivity contribution is 6.25. The van der Waals surface area contributed by atoms with Gasteiger partial charge in [-0.1, -0.05) is 72.8 Å². The van der Waals surface area contributed by atoms with Crippen LogP contribution >= 0.6 is 0 Å². The molecule has 1 N–H and O–H groups in total. The zero-order valence-electron chi connectivity index (χ0n) is 16.3. The number of benzene rings is 6. The molecule has 0 aliphatic rings. The lowest BCUT2D eigenvalue weighted by atomic mass is 9.93. The zero-order valence-corrected chi connectivity index (χ0v) is 16.3. The average molecular weight is 385 g/mol. The van der Waals surface area contributed by atoms with E-state index in [-0.39, 0.29) is 5.75 Å². The van der Waals surface area contributed by atoms with Gasteiger partial charge in [-0.2, -0.15) is 0 Å². The van der Waals surface area contributed by atoms with Crippen molar-refractivity contribution in [1.82, 2.24) is 0 Å². The Balaban J connectivity index is 1.72. The van der Waals surface area contributed by atoms with Crippen LogP contribution in [0.25, 0.3) is 32.3 Å². The number of anilines is 3. The van der Waals surface area contributed by atoms with E-state index in [9.17, 15) is 5.11 Å². The molecule has 0 spiro atoms. The van der Waals surface area contributed by atoms with Crippen molar-refractivity contribution in [2.75, 3.05) is 4.90 Å². The van der Waals surface area contributed by atoms with Gasteiger partial charge in [-0.25, -0.2) is 0 Å². The molecule has 0 aliphatic carbocycles. The molecule has 142 valence electrons. The van der Waals surface area contributed by atoms with E-state index < -0.39 is 0 Å². The van der Waals surface area contributed by atoms with Gasteiger partial charge in [0, 0.05) is 22.8 Å². The Kier molecular flexibility index (Phi) is 3.65. The lowest BCUT2D eigenvalue weighted by molar-refractivity contribution is 0.475. The van der Waals surface area contributed by atoms with Gasteiger partial charge >= 0.3 is 0 Å². The largest absolute Gasteiger partial charge is 0.508 e. The highest BCUT2D eigenvalue weighted by atomic mass is 16.3. The SMILES string of the molecule is Oc1cccc(N(c2ccccc2)c2ccc3ccc4cccc5ccc2c3c45)c1. The average Bonchev–Trinajstić information content (AvgIpc) is 2.79. The molecule has 6 aromatic carbocycles. The molecule has 0 aliphatic heterocycles. The van der Waals surface area contributed by atoms with Crippen LogP contribution in [0.2, 0.25) is 0 Å². The van der Waals surface area contributed by atoms with E-state index in [1.807, 2.05) is 36.4 Å². The van der Waals surface area contributed by atoms with Crippen LogP contribution in [0.4, 0.5) is 17.1 Å². The minimum atomic E-state index is 0.256. The quantitative estimate of drug-likeness (QED) is 0.315. The Morgan fingerprint density at radius 2 is 1.13 bits per heavy atom. The lowest BCUT2D eigenvalue weighted by Crippen LogP contribution is -2.10. The fourth-order valence-corrected chi connectivity index (χ4v) is 4.55. The summed E-state index contributed by atoms with van der Waals surface area (Å²) in [6.07, 6.45) is 0. The van der Waals surface area contributed by atoms with Crippen molar-refractivity contribution in [3.63, 3.8) is 0 Å². The van der Waals surface area contributed by atoms with Crippen molar-refractivity contribution in [3.8, 4) is 5.75 Å². The summed E-state index contributed by atoms with van der Waals surface area (Å²) in [4.78, 5) is 2.21. The molecule has 0 unspecified atom stereocenters. The van der Waals surface area contributed by atoms with Crippen molar-refractivity contribution in [3.05, 3.63) is 109 Å². The van der Waals surface area contributed by atoms with Crippen molar-refractivity contribution >= 4 is 49.4 Å². The number of aromatic hydroxyl groups is 1. The van der Waals surface area contributed by atoms with Gasteiger partial charge in [0.05, 0.1) is 5.69 Å². The Morgan fingerprint density at radius 3 is 1.90 bits per heavy atom. The molecule has 0 radical (unpaired) electrons. The van der Waals surface area contributed by atoms with E-state index in [1.165, 1.54) is 32.3 Å². The van der Waals surface area contributed by atoms with Crippen molar-refractivity contribution in [2.45, 2.75) is 0 Å². The van der Waals surface area contributed by atoms with Crippen LogP contribution in [0, 0.1) is 0 Å². The highest BCUT2D eigenvalue weighted by Gasteiger charge is 2.18. The molecule has 0 atom stereocenters. The van der Waals surface area contributed by atoms with Gasteiger partial charge < -0.3 is 10.0 Å². The predicted octanol–water partition coefficient (Wildman–Crippen LogP) is 7.76. The first-order valence-electron chi connectivity index (χ1n) is 10.1. The van der Waals surface area contributed by atoms with Gasteiger partial charge in [-0.05, 0) is 57.3 Å². The van der Waals surface area contributed by atoms with Crippen LogP contribution in [0.3, 0.4) is 0 Å². The molecule has 0 bridgehead atoms. The molecule has 0 saturated carbocycles. The van der Waals surface area contributed by atoms with Crippen LogP contribution in [0.1, 0.15) is 0 Å². The predicted molar refractivity (Wildman–Crippen MR) is 126 cm³/mol. The first-order chi connectivity index (χ1) is 14.8. The van der Waals surface area contributed by atoms with Gasteiger partial charge in [-0.3, -0.25) is 0 Å². The van der Waals surface area contributed by atoms with E-state index in [1.54, 1.807) is 6.07 Å². The third-order valence-corrected chi connectivity index (χ3v) is 5.85. The first-order valence-corrected chi connectivity index (χ1v) is 10.1. The van der Waals surface area contributed by atoms with Gasteiger partial charge in [0.1, 0.15) is 5.75 Å². The fraction of sp³-hybridized carbons (Fsp3) is 0. The minimum Gasteiger partial charge on any atom is -0.508 e. The van der Waals surface area contributed by atoms with E-state index in [0.29, 0.717) is 0 Å². The molecule has 0 heterocycles. The van der Waals surface area contributed by atoms with E-state index in [2.05, 4.69) is 71.6 Å². The number of hydrogen-bond acceptors (Lipinski definition) is 2. The molecule has 6 aromatic rings. The van der Waals surface area contributed by atoms with Crippen LogP contribution < -0.4 is 4.90 Å². The van der Waals surface area contributed by atoms with Gasteiger partial charge in [0.25, 0.3) is 0 Å². The second-order valence-corrected chi connectivity index (χ2v) is 7.63. The Morgan fingerprint density at radius 1 is 0.500 bits per heavy atom. The molecule has 30 heavy (non-hydrogen) atoms. The lowest BCUT2D eigenvalue weighted by Gasteiger charge is -2.27. The smallest absolute Gasteiger partial charge is 0.117 e. The topological polar surface area (TPSA) is 23.5 Å². The minimum absolute atomic E-state index is 0.256. The van der Waals surface area contributed by atoms with Crippen LogP contribution in [-0.2, 0) is 0 Å². The third kappa shape index (κ3) is 2.51. The molecule has 0 saturated heterocycles. The number of nitrogens with zero attached hydrogens (tertiary/aromatic N) is 1. The molecule has 2 nitrogen and oxygen atoms in total. The number of rotatable bonds is 3. The van der Waals surface area contributed by atoms with Crippen LogP contribution in [0.15, 0.2) is 109 Å². The maximum absolute atomic E-state index is 10.2. The standard InChI is InChI=1S/C28H19NO/c30-24-11-5-10-23(18-24)29(22-8-2-1-3-9-22)26-17-15-21-13-12-19-6-4-7-20-14-16-25(26)28(21)27(19)20/h1-18,30H. The Hall–Kier alpha value is -4.04. The summed E-state index contributed by atoms with van der Waals surface area (Å²) in [7, 11) is 0. The number of para-hydroxylation sites is 1. The van der Waals surface area contributed by atoms with Gasteiger partial charge in [-0.15, -0.1) is 0 Å². The first kappa shape index (κ1) is 16.9. The summed E-state index contributed by atoms with van der Waals surface area (Å²) in [5.74, 6) is 0.256. The van der Waals surface area contributed by atoms with E-state index in [4.69, 9.17) is 0 Å². The second-order valence-electron chi connectivity index (χ2n) is 7.63. The highest BCUT2D eigenvalue weighted by Crippen LogP contribution is 2.43. The summed E-state index contributed by atoms with van der Waals surface area (Å²) in [6, 6.07) is 37.4. The van der Waals surface area contributed by atoms with Gasteiger partial charge in [0.2, 0.25) is 0 Å². The van der Waals surface area contributed by atoms with Crippen molar-refractivity contribution in [2.24, 2.45) is 0 Å². The van der Waals surface area contributed by atoms with Gasteiger partial charge in [0.15, 0.2) is 0 Å². The molecule has 2 heteroatoms. The summed E-state index contributed by atoms with van der Waals surface area (Å²) in [5.41, 5.74) is 3.08. The maximum Gasteiger partial charge on any atom is 0.117 e. The maximum atomic E-state index is 10.2. The monoisotopic (exact) mass is 385 g/mol. The zero-order chi connectivity index (χ0) is 20.1. The summed E-state index contributed by atoms with van der Waals surface area (Å²) >= 11 is 0. The van der Waals surface area contributed by atoms with E-state index >= 15 is 0 Å². The molecule has 0 amide bonds.